The first kappa shape index (κ1) is 14.8. The summed E-state index contributed by atoms with van der Waals surface area (Å²) in [5.74, 6) is 0. The van der Waals surface area contributed by atoms with Crippen LogP contribution in [-0.4, -0.2) is 67.8 Å². The highest BCUT2D eigenvalue weighted by Crippen LogP contribution is 2.11. The lowest BCUT2D eigenvalue weighted by Crippen LogP contribution is -2.49. The maximum atomic E-state index is 9.38. The largest absolute Gasteiger partial charge is 0.394 e. The fraction of sp³-hybridized carbons (Fsp3) is 1.00. The molecule has 0 aliphatic carbocycles. The van der Waals surface area contributed by atoms with Crippen LogP contribution >= 0.6 is 0 Å². The first-order chi connectivity index (χ1) is 6.95. The lowest BCUT2D eigenvalue weighted by molar-refractivity contribution is -0.141. The summed E-state index contributed by atoms with van der Waals surface area (Å²) < 4.78 is 0. The van der Waals surface area contributed by atoms with Crippen molar-refractivity contribution in [1.29, 1.82) is 0 Å². The molecule has 6 N–H and O–H groups in total. The van der Waals surface area contributed by atoms with Crippen molar-refractivity contribution in [1.82, 2.24) is 0 Å². The summed E-state index contributed by atoms with van der Waals surface area (Å²) >= 11 is 0. The Bertz CT molecular complexity index is 165. The Morgan fingerprint density at radius 1 is 0.800 bits per heavy atom. The summed E-state index contributed by atoms with van der Waals surface area (Å²) in [5.41, 5.74) is 0. The van der Waals surface area contributed by atoms with Gasteiger partial charge in [-0.2, -0.15) is 0 Å². The molecule has 0 heterocycles. The molecule has 0 fully saturated rings. The predicted octanol–water partition coefficient (Wildman–Crippen LogP) is -2.42. The van der Waals surface area contributed by atoms with Gasteiger partial charge in [0.05, 0.1) is 12.7 Å². The topological polar surface area (TPSA) is 121 Å². The molecule has 0 aromatic carbocycles. The molecular weight excluding hydrogens is 204 g/mol. The molecule has 0 rings (SSSR count). The van der Waals surface area contributed by atoms with Crippen molar-refractivity contribution >= 4 is 0 Å². The molecule has 0 aliphatic heterocycles. The highest BCUT2D eigenvalue weighted by molar-refractivity contribution is 4.84. The van der Waals surface area contributed by atoms with Gasteiger partial charge in [-0.3, -0.25) is 0 Å². The molecule has 0 bridgehead atoms. The third-order valence-electron chi connectivity index (χ3n) is 2.26. The molecule has 6 nitrogen and oxygen atoms in total. The van der Waals surface area contributed by atoms with E-state index in [2.05, 4.69) is 0 Å². The van der Waals surface area contributed by atoms with Crippen molar-refractivity contribution in [2.45, 2.75) is 50.3 Å². The van der Waals surface area contributed by atoms with E-state index >= 15 is 0 Å². The predicted molar refractivity (Wildman–Crippen MR) is 52.0 cm³/mol. The van der Waals surface area contributed by atoms with Gasteiger partial charge in [-0.15, -0.1) is 0 Å². The maximum absolute atomic E-state index is 9.38. The molecule has 0 aromatic rings. The monoisotopic (exact) mass is 224 g/mol. The second-order valence-corrected chi connectivity index (χ2v) is 3.58. The van der Waals surface area contributed by atoms with Crippen LogP contribution in [0.1, 0.15) is 19.8 Å². The average Bonchev–Trinajstić information content (AvgIpc) is 2.25. The number of aliphatic hydroxyl groups excluding tert-OH is 6. The van der Waals surface area contributed by atoms with E-state index in [1.54, 1.807) is 6.92 Å². The van der Waals surface area contributed by atoms with Crippen LogP contribution in [0.15, 0.2) is 0 Å². The number of rotatable bonds is 7. The smallest absolute Gasteiger partial charge is 0.111 e. The van der Waals surface area contributed by atoms with Crippen LogP contribution in [0, 0.1) is 0 Å². The van der Waals surface area contributed by atoms with Crippen molar-refractivity contribution < 1.29 is 30.6 Å². The molecule has 15 heavy (non-hydrogen) atoms. The molecule has 5 atom stereocenters. The van der Waals surface area contributed by atoms with Gasteiger partial charge in [-0.25, -0.2) is 0 Å². The minimum atomic E-state index is -1.69. The van der Waals surface area contributed by atoms with Gasteiger partial charge >= 0.3 is 0 Å². The van der Waals surface area contributed by atoms with E-state index in [0.29, 0.717) is 6.42 Å². The Balaban J connectivity index is 4.22. The van der Waals surface area contributed by atoms with Gasteiger partial charge < -0.3 is 30.6 Å². The van der Waals surface area contributed by atoms with E-state index < -0.39 is 37.1 Å². The molecular formula is C9H20O6. The standard InChI is InChI=1S/C9H20O6/c1-2-3-5(11)7(13)9(15)8(14)6(12)4-10/h5-15H,2-4H2,1H3/t5?,6-,7+,8+,9+/m0/s1. The van der Waals surface area contributed by atoms with Crippen LogP contribution in [0.2, 0.25) is 0 Å². The Morgan fingerprint density at radius 2 is 1.27 bits per heavy atom. The second-order valence-electron chi connectivity index (χ2n) is 3.58. The summed E-state index contributed by atoms with van der Waals surface area (Å²) in [7, 11) is 0. The molecule has 0 radical (unpaired) electrons. The summed E-state index contributed by atoms with van der Waals surface area (Å²) in [6.45, 7) is 1.07. The van der Waals surface area contributed by atoms with Crippen LogP contribution in [0.3, 0.4) is 0 Å². The fourth-order valence-electron chi connectivity index (χ4n) is 1.23. The summed E-state index contributed by atoms with van der Waals surface area (Å²) in [4.78, 5) is 0. The van der Waals surface area contributed by atoms with E-state index in [0.717, 1.165) is 0 Å². The summed E-state index contributed by atoms with van der Waals surface area (Å²) in [6, 6.07) is 0. The van der Waals surface area contributed by atoms with Gasteiger partial charge in [-0.05, 0) is 6.42 Å². The van der Waals surface area contributed by atoms with Gasteiger partial charge in [0.2, 0.25) is 0 Å². The van der Waals surface area contributed by atoms with E-state index in [4.69, 9.17) is 10.2 Å². The zero-order chi connectivity index (χ0) is 12.0. The van der Waals surface area contributed by atoms with E-state index in [9.17, 15) is 20.4 Å². The number of hydrogen-bond donors (Lipinski definition) is 6. The van der Waals surface area contributed by atoms with Crippen molar-refractivity contribution in [3.05, 3.63) is 0 Å². The Kier molecular flexibility index (Phi) is 6.99. The van der Waals surface area contributed by atoms with Gasteiger partial charge in [0.15, 0.2) is 0 Å². The molecule has 0 aromatic heterocycles. The minimum Gasteiger partial charge on any atom is -0.394 e. The van der Waals surface area contributed by atoms with Crippen LogP contribution in [-0.2, 0) is 0 Å². The summed E-state index contributed by atoms with van der Waals surface area (Å²) in [5, 5.41) is 54.8. The van der Waals surface area contributed by atoms with Crippen molar-refractivity contribution in [2.24, 2.45) is 0 Å². The van der Waals surface area contributed by atoms with E-state index in [-0.39, 0.29) is 6.42 Å². The SMILES string of the molecule is CCCC(O)[C@@H](O)[C@@H](O)[C@H](O)[C@@H](O)CO. The van der Waals surface area contributed by atoms with Crippen molar-refractivity contribution in [3.63, 3.8) is 0 Å². The Morgan fingerprint density at radius 3 is 1.67 bits per heavy atom. The fourth-order valence-corrected chi connectivity index (χ4v) is 1.23. The van der Waals surface area contributed by atoms with E-state index in [1.165, 1.54) is 0 Å². The molecule has 92 valence electrons. The molecule has 0 spiro atoms. The number of hydrogen-bond acceptors (Lipinski definition) is 6. The number of aliphatic hydroxyl groups is 6. The van der Waals surface area contributed by atoms with Gasteiger partial charge in [0.1, 0.15) is 24.4 Å². The highest BCUT2D eigenvalue weighted by Gasteiger charge is 2.33. The zero-order valence-corrected chi connectivity index (χ0v) is 8.69. The first-order valence-electron chi connectivity index (χ1n) is 4.96. The van der Waals surface area contributed by atoms with E-state index in [1.807, 2.05) is 0 Å². The molecule has 6 heteroatoms. The molecule has 1 unspecified atom stereocenters. The third kappa shape index (κ3) is 4.42. The van der Waals surface area contributed by atoms with Crippen LogP contribution in [0.4, 0.5) is 0 Å². The Labute approximate surface area is 88.4 Å². The second kappa shape index (κ2) is 7.10. The lowest BCUT2D eigenvalue weighted by Gasteiger charge is -2.28. The first-order valence-corrected chi connectivity index (χ1v) is 4.96. The van der Waals surface area contributed by atoms with Gasteiger partial charge in [0, 0.05) is 0 Å². The third-order valence-corrected chi connectivity index (χ3v) is 2.26. The molecule has 0 amide bonds. The lowest BCUT2D eigenvalue weighted by atomic mass is 9.97. The van der Waals surface area contributed by atoms with Crippen molar-refractivity contribution in [3.8, 4) is 0 Å². The zero-order valence-electron chi connectivity index (χ0n) is 8.69. The Hall–Kier alpha value is -0.240. The molecule has 0 saturated heterocycles. The average molecular weight is 224 g/mol. The maximum Gasteiger partial charge on any atom is 0.111 e. The highest BCUT2D eigenvalue weighted by atomic mass is 16.4. The van der Waals surface area contributed by atoms with Crippen LogP contribution < -0.4 is 0 Å². The van der Waals surface area contributed by atoms with Crippen LogP contribution in [0.5, 0.6) is 0 Å². The normalized spacial score (nSPS) is 21.8. The van der Waals surface area contributed by atoms with Gasteiger partial charge in [0.25, 0.3) is 0 Å². The molecule has 0 saturated carbocycles. The quantitative estimate of drug-likeness (QED) is 0.286. The summed E-state index contributed by atoms with van der Waals surface area (Å²) in [6.07, 6.45) is -6.72. The van der Waals surface area contributed by atoms with Crippen LogP contribution in [0.25, 0.3) is 0 Å². The van der Waals surface area contributed by atoms with Crippen molar-refractivity contribution in [2.75, 3.05) is 6.61 Å². The minimum absolute atomic E-state index is 0.278. The molecule has 0 aliphatic rings. The van der Waals surface area contributed by atoms with Gasteiger partial charge in [-0.1, -0.05) is 13.3 Å².